The zero-order valence-electron chi connectivity index (χ0n) is 19.3. The maximum absolute atomic E-state index is 12.8. The summed E-state index contributed by atoms with van der Waals surface area (Å²) in [7, 11) is 2.09. The summed E-state index contributed by atoms with van der Waals surface area (Å²) in [6.45, 7) is 4.76. The van der Waals surface area contributed by atoms with Crippen LogP contribution >= 0.6 is 0 Å². The van der Waals surface area contributed by atoms with Crippen LogP contribution in [-0.2, 0) is 11.2 Å². The van der Waals surface area contributed by atoms with Crippen LogP contribution in [0.25, 0.3) is 6.08 Å². The van der Waals surface area contributed by atoms with Gasteiger partial charge in [-0.1, -0.05) is 25.1 Å². The van der Waals surface area contributed by atoms with Gasteiger partial charge in [-0.15, -0.1) is 0 Å². The minimum atomic E-state index is -4.21. The van der Waals surface area contributed by atoms with Crippen LogP contribution in [0.3, 0.4) is 0 Å². The summed E-state index contributed by atoms with van der Waals surface area (Å²) in [5.74, 6) is -0.212. The first-order chi connectivity index (χ1) is 16.3. The molecule has 0 spiro atoms. The standard InChI is InChI=1S/C25H28F3N5O/c1-3-33(2)11-4-12-34-23-14-21-18(16-30-24(21)32-23)13-17-5-10-22(29-15-17)31-20-8-6-19(7-9-20)25(26,27)28/h5-6,8-10,14-16,19H,3-4,7,11-13H2,1-2H3,(H,29,31)/p+1. The summed E-state index contributed by atoms with van der Waals surface area (Å²) >= 11 is 0. The van der Waals surface area contributed by atoms with E-state index >= 15 is 0 Å². The molecule has 2 N–H and O–H groups in total. The quantitative estimate of drug-likeness (QED) is 0.435. The Balaban J connectivity index is 1.31. The fraction of sp³-hybridized carbons (Fsp3) is 0.400. The minimum absolute atomic E-state index is 0.0704. The topological polar surface area (TPSA) is 67.3 Å². The van der Waals surface area contributed by atoms with Gasteiger partial charge in [-0.05, 0) is 44.1 Å². The van der Waals surface area contributed by atoms with E-state index in [1.807, 2.05) is 24.4 Å². The lowest BCUT2D eigenvalue weighted by Crippen LogP contribution is -2.24. The van der Waals surface area contributed by atoms with Crippen LogP contribution in [0.1, 0.15) is 30.9 Å². The van der Waals surface area contributed by atoms with Gasteiger partial charge in [0.05, 0.1) is 30.0 Å². The molecule has 6 nitrogen and oxygen atoms in total. The van der Waals surface area contributed by atoms with Crippen molar-refractivity contribution in [2.45, 2.75) is 32.4 Å². The molecule has 0 saturated heterocycles. The fourth-order valence-electron chi connectivity index (χ4n) is 3.80. The molecular weight excluding hydrogens is 443 g/mol. The summed E-state index contributed by atoms with van der Waals surface area (Å²) in [4.78, 5) is 9.85. The van der Waals surface area contributed by atoms with Crippen molar-refractivity contribution in [1.29, 1.82) is 0 Å². The number of halogens is 3. The van der Waals surface area contributed by atoms with Crippen LogP contribution in [0.15, 0.2) is 48.5 Å². The van der Waals surface area contributed by atoms with E-state index in [-0.39, 0.29) is 6.42 Å². The lowest BCUT2D eigenvalue weighted by atomic mass is 9.99. The molecule has 180 valence electrons. The number of anilines is 1. The average Bonchev–Trinajstić information content (AvgIpc) is 3.39. The molecule has 2 aromatic heterocycles. The van der Waals surface area contributed by atoms with Gasteiger partial charge in [0, 0.05) is 30.4 Å². The summed E-state index contributed by atoms with van der Waals surface area (Å²) in [5.41, 5.74) is 3.53. The molecule has 0 saturated carbocycles. The zero-order valence-corrected chi connectivity index (χ0v) is 19.3. The molecule has 0 bridgehead atoms. The number of hydrogen-bond donors (Lipinski definition) is 2. The monoisotopic (exact) mass is 472 g/mol. The van der Waals surface area contributed by atoms with Crippen molar-refractivity contribution in [1.82, 2.24) is 19.5 Å². The highest BCUT2D eigenvalue weighted by molar-refractivity contribution is 6.04. The Morgan fingerprint density at radius 3 is 2.85 bits per heavy atom. The predicted molar refractivity (Wildman–Crippen MR) is 127 cm³/mol. The molecular formula is C25H29F3N5O+. The largest absolute Gasteiger partial charge is 0.450 e. The van der Waals surface area contributed by atoms with Gasteiger partial charge in [0.1, 0.15) is 5.82 Å². The summed E-state index contributed by atoms with van der Waals surface area (Å²) < 4.78 is 48.6. The zero-order chi connectivity index (χ0) is 24.1. The average molecular weight is 473 g/mol. The molecule has 1 unspecified atom stereocenters. The van der Waals surface area contributed by atoms with Crippen molar-refractivity contribution >= 4 is 17.8 Å². The molecule has 0 aromatic carbocycles. The molecule has 1 aliphatic heterocycles. The second-order valence-electron chi connectivity index (χ2n) is 8.52. The molecule has 2 aliphatic rings. The molecule has 4 rings (SSSR count). The van der Waals surface area contributed by atoms with E-state index in [0.717, 1.165) is 41.3 Å². The molecule has 3 heterocycles. The molecule has 34 heavy (non-hydrogen) atoms. The Morgan fingerprint density at radius 2 is 2.18 bits per heavy atom. The van der Waals surface area contributed by atoms with Gasteiger partial charge in [0.15, 0.2) is 0 Å². The first kappa shape index (κ1) is 23.9. The van der Waals surface area contributed by atoms with Crippen molar-refractivity contribution < 1.29 is 17.9 Å². The van der Waals surface area contributed by atoms with E-state index in [1.54, 1.807) is 12.3 Å². The molecule has 0 fully saturated rings. The highest BCUT2D eigenvalue weighted by Crippen LogP contribution is 2.33. The Hall–Kier alpha value is -3.29. The number of pyridine rings is 1. The minimum Gasteiger partial charge on any atom is -0.450 e. The van der Waals surface area contributed by atoms with Crippen molar-refractivity contribution in [3.63, 3.8) is 0 Å². The number of aromatic nitrogens is 2. The van der Waals surface area contributed by atoms with E-state index in [2.05, 4.69) is 38.8 Å². The van der Waals surface area contributed by atoms with Crippen LogP contribution in [-0.4, -0.2) is 53.7 Å². The number of alkyl halides is 3. The second-order valence-corrected chi connectivity index (χ2v) is 8.52. The Bertz CT molecular complexity index is 1220. The van der Waals surface area contributed by atoms with Gasteiger partial charge < -0.3 is 15.0 Å². The van der Waals surface area contributed by atoms with Gasteiger partial charge in [0.25, 0.3) is 0 Å². The van der Waals surface area contributed by atoms with Crippen LogP contribution in [0.2, 0.25) is 0 Å². The number of fused-ring (bicyclic) bond motifs is 1. The fourth-order valence-corrected chi connectivity index (χ4v) is 3.80. The van der Waals surface area contributed by atoms with Gasteiger partial charge >= 0.3 is 17.6 Å². The van der Waals surface area contributed by atoms with Gasteiger partial charge in [-0.3, -0.25) is 0 Å². The number of hydrogen-bond acceptors (Lipinski definition) is 4. The number of ether oxygens (including phenoxy) is 1. The lowest BCUT2D eigenvalue weighted by molar-refractivity contribution is -0.160. The Morgan fingerprint density at radius 1 is 1.32 bits per heavy atom. The highest BCUT2D eigenvalue weighted by atomic mass is 19.4. The van der Waals surface area contributed by atoms with Crippen molar-refractivity contribution in [3.8, 4) is 0 Å². The van der Waals surface area contributed by atoms with Crippen LogP contribution in [0.4, 0.5) is 19.0 Å². The molecule has 9 heteroatoms. The molecule has 0 amide bonds. The Kier molecular flexibility index (Phi) is 7.24. The first-order valence-electron chi connectivity index (χ1n) is 11.4. The lowest BCUT2D eigenvalue weighted by Gasteiger charge is -2.19. The third-order valence-electron chi connectivity index (χ3n) is 5.96. The van der Waals surface area contributed by atoms with Crippen LogP contribution in [0, 0.1) is 5.92 Å². The van der Waals surface area contributed by atoms with Crippen molar-refractivity contribution in [2.24, 2.45) is 5.92 Å². The third kappa shape index (κ3) is 5.98. The molecule has 0 radical (unpaired) electrons. The Labute approximate surface area is 196 Å². The second kappa shape index (κ2) is 10.3. The van der Waals surface area contributed by atoms with Crippen LogP contribution < -0.4 is 20.7 Å². The van der Waals surface area contributed by atoms with E-state index in [4.69, 9.17) is 4.74 Å². The summed E-state index contributed by atoms with van der Waals surface area (Å²) in [6.07, 6.45) is 7.20. The molecule has 1 aliphatic carbocycles. The third-order valence-corrected chi connectivity index (χ3v) is 5.96. The number of allylic oxidation sites excluding steroid dienone is 3. The van der Waals surface area contributed by atoms with Gasteiger partial charge in [-0.2, -0.15) is 17.8 Å². The highest BCUT2D eigenvalue weighted by Gasteiger charge is 2.37. The molecule has 2 aromatic rings. The normalized spacial score (nSPS) is 17.1. The van der Waals surface area contributed by atoms with E-state index < -0.39 is 12.1 Å². The van der Waals surface area contributed by atoms with Crippen molar-refractivity contribution in [2.75, 3.05) is 32.1 Å². The number of nitrogens with zero attached hydrogens (tertiary/aromatic N) is 3. The number of aromatic amines is 1. The first-order valence-corrected chi connectivity index (χ1v) is 11.4. The summed E-state index contributed by atoms with van der Waals surface area (Å²) in [5, 5.41) is 4.09. The van der Waals surface area contributed by atoms with Gasteiger partial charge in [-0.25, -0.2) is 9.97 Å². The summed E-state index contributed by atoms with van der Waals surface area (Å²) in [6, 6.07) is 3.78. The van der Waals surface area contributed by atoms with Crippen molar-refractivity contribution in [3.05, 3.63) is 70.3 Å². The maximum atomic E-state index is 12.8. The van der Waals surface area contributed by atoms with Gasteiger partial charge in [0.2, 0.25) is 0 Å². The number of rotatable bonds is 9. The number of nitrogens with one attached hydrogen (secondary N) is 2. The maximum Gasteiger partial charge on any atom is 0.395 e. The van der Waals surface area contributed by atoms with Crippen LogP contribution in [0.5, 0.6) is 0 Å². The predicted octanol–water partition coefficient (Wildman–Crippen LogP) is 2.67. The number of H-pyrrole nitrogens is 1. The van der Waals surface area contributed by atoms with E-state index in [1.165, 1.54) is 12.2 Å². The van der Waals surface area contributed by atoms with E-state index in [9.17, 15) is 13.2 Å². The molecule has 1 atom stereocenters. The SMILES string of the molecule is CCN(C)CCCOC1=[N+]=c2[nH]cc(Cc3ccc(NC4=CCC(C(F)(F)F)C=C4)nc3)c2=C1. The smallest absolute Gasteiger partial charge is 0.395 e. The van der Waals surface area contributed by atoms with E-state index in [0.29, 0.717) is 30.4 Å².